The average Bonchev–Trinajstić information content (AvgIpc) is 2.43. The highest BCUT2D eigenvalue weighted by Crippen LogP contribution is 2.05. The van der Waals surface area contributed by atoms with Crippen molar-refractivity contribution < 1.29 is 0 Å². The molecule has 0 amide bonds. The largest absolute Gasteiger partial charge is 0.319 e. The van der Waals surface area contributed by atoms with Gasteiger partial charge in [-0.2, -0.15) is 0 Å². The Hall–Kier alpha value is -0.120. The first-order valence-electron chi connectivity index (χ1n) is 6.35. The van der Waals surface area contributed by atoms with Gasteiger partial charge in [0.05, 0.1) is 0 Å². The molecule has 3 heteroatoms. The zero-order chi connectivity index (χ0) is 11.1. The third-order valence-corrected chi connectivity index (χ3v) is 3.25. The summed E-state index contributed by atoms with van der Waals surface area (Å²) in [5.74, 6) is 0.767. The van der Waals surface area contributed by atoms with Gasteiger partial charge in [0.1, 0.15) is 0 Å². The summed E-state index contributed by atoms with van der Waals surface area (Å²) in [5.41, 5.74) is 0. The van der Waals surface area contributed by atoms with Gasteiger partial charge >= 0.3 is 0 Å². The Kier molecular flexibility index (Phi) is 6.22. The number of likely N-dealkylation sites (N-methyl/N-ethyl adjacent to an activating group) is 1. The molecule has 1 unspecified atom stereocenters. The number of rotatable bonds is 5. The second-order valence-corrected chi connectivity index (χ2v) is 4.75. The van der Waals surface area contributed by atoms with E-state index in [1.54, 1.807) is 0 Å². The van der Waals surface area contributed by atoms with Crippen molar-refractivity contribution in [3.8, 4) is 0 Å². The SMILES string of the molecule is CCN1CCCN(CC(C)CNC)CC1. The Morgan fingerprint density at radius 2 is 1.80 bits per heavy atom. The minimum atomic E-state index is 0.767. The van der Waals surface area contributed by atoms with Crippen LogP contribution in [0.5, 0.6) is 0 Å². The van der Waals surface area contributed by atoms with Crippen molar-refractivity contribution in [1.29, 1.82) is 0 Å². The third kappa shape index (κ3) is 4.96. The first-order chi connectivity index (χ1) is 7.26. The van der Waals surface area contributed by atoms with Crippen LogP contribution < -0.4 is 5.32 Å². The molecule has 15 heavy (non-hydrogen) atoms. The standard InChI is InChI=1S/C12H27N3/c1-4-14-6-5-7-15(9-8-14)11-12(2)10-13-3/h12-13H,4-11H2,1-3H3. The fraction of sp³-hybridized carbons (Fsp3) is 1.00. The molecule has 0 aromatic rings. The minimum absolute atomic E-state index is 0.767. The fourth-order valence-corrected chi connectivity index (χ4v) is 2.38. The highest BCUT2D eigenvalue weighted by molar-refractivity contribution is 4.71. The summed E-state index contributed by atoms with van der Waals surface area (Å²) in [6.07, 6.45) is 1.33. The Labute approximate surface area is 94.8 Å². The smallest absolute Gasteiger partial charge is 0.0109 e. The summed E-state index contributed by atoms with van der Waals surface area (Å²) in [5, 5.41) is 3.26. The molecule has 1 rings (SSSR count). The van der Waals surface area contributed by atoms with Crippen molar-refractivity contribution in [1.82, 2.24) is 15.1 Å². The lowest BCUT2D eigenvalue weighted by Crippen LogP contribution is -2.35. The van der Waals surface area contributed by atoms with Gasteiger partial charge in [-0.1, -0.05) is 13.8 Å². The van der Waals surface area contributed by atoms with Crippen LogP contribution in [0.15, 0.2) is 0 Å². The van der Waals surface area contributed by atoms with Crippen LogP contribution in [-0.4, -0.2) is 62.7 Å². The summed E-state index contributed by atoms with van der Waals surface area (Å²) in [6.45, 7) is 13.3. The molecule has 0 aromatic carbocycles. The monoisotopic (exact) mass is 213 g/mol. The fourth-order valence-electron chi connectivity index (χ4n) is 2.38. The topological polar surface area (TPSA) is 18.5 Å². The number of hydrogen-bond donors (Lipinski definition) is 1. The van der Waals surface area contributed by atoms with Crippen LogP contribution in [-0.2, 0) is 0 Å². The molecule has 0 saturated carbocycles. The van der Waals surface area contributed by atoms with E-state index in [0.29, 0.717) is 0 Å². The van der Waals surface area contributed by atoms with E-state index in [1.165, 1.54) is 45.7 Å². The summed E-state index contributed by atoms with van der Waals surface area (Å²) in [4.78, 5) is 5.18. The van der Waals surface area contributed by atoms with E-state index in [-0.39, 0.29) is 0 Å². The van der Waals surface area contributed by atoms with Crippen molar-refractivity contribution in [3.63, 3.8) is 0 Å². The molecule has 0 bridgehead atoms. The minimum Gasteiger partial charge on any atom is -0.319 e. The van der Waals surface area contributed by atoms with Crippen molar-refractivity contribution in [2.24, 2.45) is 5.92 Å². The maximum atomic E-state index is 3.26. The van der Waals surface area contributed by atoms with Gasteiger partial charge in [-0.3, -0.25) is 0 Å². The zero-order valence-electron chi connectivity index (χ0n) is 10.6. The Bertz CT molecular complexity index is 161. The van der Waals surface area contributed by atoms with Crippen LogP contribution in [0.2, 0.25) is 0 Å². The highest BCUT2D eigenvalue weighted by atomic mass is 15.2. The molecule has 0 spiro atoms. The number of nitrogens with zero attached hydrogens (tertiary/aromatic N) is 2. The van der Waals surface area contributed by atoms with E-state index in [1.807, 2.05) is 7.05 Å². The lowest BCUT2D eigenvalue weighted by Gasteiger charge is -2.24. The molecule has 90 valence electrons. The van der Waals surface area contributed by atoms with Crippen LogP contribution in [0.25, 0.3) is 0 Å². The number of hydrogen-bond acceptors (Lipinski definition) is 3. The van der Waals surface area contributed by atoms with Gasteiger partial charge in [0.2, 0.25) is 0 Å². The Morgan fingerprint density at radius 3 is 2.47 bits per heavy atom. The molecule has 0 radical (unpaired) electrons. The van der Waals surface area contributed by atoms with Gasteiger partial charge in [-0.25, -0.2) is 0 Å². The Balaban J connectivity index is 2.24. The summed E-state index contributed by atoms with van der Waals surface area (Å²) in [6, 6.07) is 0. The molecule has 1 aliphatic heterocycles. The van der Waals surface area contributed by atoms with E-state index in [0.717, 1.165) is 12.5 Å². The lowest BCUT2D eigenvalue weighted by molar-refractivity contribution is 0.235. The van der Waals surface area contributed by atoms with Crippen LogP contribution in [0.4, 0.5) is 0 Å². The molecule has 1 atom stereocenters. The van der Waals surface area contributed by atoms with E-state index in [4.69, 9.17) is 0 Å². The van der Waals surface area contributed by atoms with Gasteiger partial charge in [0, 0.05) is 19.6 Å². The van der Waals surface area contributed by atoms with Crippen LogP contribution in [0.1, 0.15) is 20.3 Å². The van der Waals surface area contributed by atoms with Gasteiger partial charge in [0.15, 0.2) is 0 Å². The molecule has 1 saturated heterocycles. The second kappa shape index (κ2) is 7.20. The molecular formula is C12H27N3. The first kappa shape index (κ1) is 12.9. The zero-order valence-corrected chi connectivity index (χ0v) is 10.6. The Morgan fingerprint density at radius 1 is 1.13 bits per heavy atom. The summed E-state index contributed by atoms with van der Waals surface area (Å²) in [7, 11) is 2.04. The van der Waals surface area contributed by atoms with Gasteiger partial charge < -0.3 is 15.1 Å². The number of nitrogens with one attached hydrogen (secondary N) is 1. The van der Waals surface area contributed by atoms with E-state index in [9.17, 15) is 0 Å². The molecule has 1 fully saturated rings. The van der Waals surface area contributed by atoms with Crippen LogP contribution >= 0.6 is 0 Å². The first-order valence-corrected chi connectivity index (χ1v) is 6.35. The van der Waals surface area contributed by atoms with E-state index < -0.39 is 0 Å². The normalized spacial score (nSPS) is 22.6. The molecule has 1 aliphatic rings. The van der Waals surface area contributed by atoms with E-state index in [2.05, 4.69) is 29.0 Å². The van der Waals surface area contributed by atoms with Crippen LogP contribution in [0.3, 0.4) is 0 Å². The van der Waals surface area contributed by atoms with Crippen molar-refractivity contribution >= 4 is 0 Å². The quantitative estimate of drug-likeness (QED) is 0.731. The molecule has 0 aliphatic carbocycles. The lowest BCUT2D eigenvalue weighted by atomic mass is 10.1. The third-order valence-electron chi connectivity index (χ3n) is 3.25. The van der Waals surface area contributed by atoms with Crippen molar-refractivity contribution in [2.45, 2.75) is 20.3 Å². The predicted octanol–water partition coefficient (Wildman–Crippen LogP) is 0.870. The molecule has 3 nitrogen and oxygen atoms in total. The molecule has 1 N–H and O–H groups in total. The van der Waals surface area contributed by atoms with E-state index >= 15 is 0 Å². The predicted molar refractivity (Wildman–Crippen MR) is 66.3 cm³/mol. The molecule has 1 heterocycles. The molecular weight excluding hydrogens is 186 g/mol. The van der Waals surface area contributed by atoms with Crippen molar-refractivity contribution in [2.75, 3.05) is 52.9 Å². The summed E-state index contributed by atoms with van der Waals surface area (Å²) < 4.78 is 0. The van der Waals surface area contributed by atoms with Gasteiger partial charge in [-0.05, 0) is 45.6 Å². The van der Waals surface area contributed by atoms with Crippen molar-refractivity contribution in [3.05, 3.63) is 0 Å². The van der Waals surface area contributed by atoms with Gasteiger partial charge in [0.25, 0.3) is 0 Å². The second-order valence-electron chi connectivity index (χ2n) is 4.75. The maximum Gasteiger partial charge on any atom is 0.0109 e. The van der Waals surface area contributed by atoms with Gasteiger partial charge in [-0.15, -0.1) is 0 Å². The maximum absolute atomic E-state index is 3.26. The van der Waals surface area contributed by atoms with Crippen LogP contribution in [0, 0.1) is 5.92 Å². The molecule has 0 aromatic heterocycles. The highest BCUT2D eigenvalue weighted by Gasteiger charge is 2.14. The summed E-state index contributed by atoms with van der Waals surface area (Å²) >= 11 is 0. The average molecular weight is 213 g/mol.